The minimum Gasteiger partial charge on any atom is -0.512 e. The van der Waals surface area contributed by atoms with Gasteiger partial charge in [-0.05, 0) is 175 Å². The van der Waals surface area contributed by atoms with Crippen LogP contribution >= 0.6 is 11.3 Å². The number of fused-ring (bicyclic) bond motifs is 2. The minimum atomic E-state index is -3.30. The summed E-state index contributed by atoms with van der Waals surface area (Å²) in [7, 11) is -3.30. The fourth-order valence-corrected chi connectivity index (χ4v) is 21.5. The van der Waals surface area contributed by atoms with Gasteiger partial charge in [0.05, 0.1) is 5.76 Å². The first kappa shape index (κ1) is 75.3. The van der Waals surface area contributed by atoms with Crippen LogP contribution in [0.1, 0.15) is 243 Å². The Kier molecular flexibility index (Phi) is 24.7. The van der Waals surface area contributed by atoms with Gasteiger partial charge in [0.1, 0.15) is 0 Å². The van der Waals surface area contributed by atoms with Gasteiger partial charge < -0.3 is 5.11 Å². The molecule has 0 fully saturated rings. The minimum absolute atomic E-state index is 0. The van der Waals surface area contributed by atoms with E-state index in [-0.39, 0.29) is 81.4 Å². The van der Waals surface area contributed by atoms with E-state index in [4.69, 9.17) is 4.98 Å². The van der Waals surface area contributed by atoms with E-state index in [9.17, 15) is 9.90 Å². The molecule has 5 aromatic carbocycles. The summed E-state index contributed by atoms with van der Waals surface area (Å²) in [6.07, 6.45) is 13.0. The van der Waals surface area contributed by atoms with Gasteiger partial charge in [-0.15, -0.1) is 40.5 Å². The van der Waals surface area contributed by atoms with Crippen molar-refractivity contribution < 1.29 is 30.0 Å². The molecule has 0 bridgehead atoms. The van der Waals surface area contributed by atoms with E-state index in [2.05, 4.69) is 256 Å². The summed E-state index contributed by atoms with van der Waals surface area (Å²) in [4.78, 5) is 17.1. The summed E-state index contributed by atoms with van der Waals surface area (Å²) in [5.74, 6) is 0.547. The van der Waals surface area contributed by atoms with Gasteiger partial charge in [-0.2, -0.15) is 0 Å². The molecule has 0 spiro atoms. The van der Waals surface area contributed by atoms with Crippen molar-refractivity contribution in [2.45, 2.75) is 250 Å². The second-order valence-electron chi connectivity index (χ2n) is 34.8. The van der Waals surface area contributed by atoms with Gasteiger partial charge in [0.15, 0.2) is 13.9 Å². The molecule has 0 saturated heterocycles. The number of aliphatic hydroxyl groups excluding tert-OH is 1. The van der Waals surface area contributed by atoms with E-state index in [0.717, 1.165) is 80.9 Å². The van der Waals surface area contributed by atoms with Gasteiger partial charge in [-0.3, -0.25) is 9.78 Å². The van der Waals surface area contributed by atoms with E-state index in [0.29, 0.717) is 0 Å². The van der Waals surface area contributed by atoms with Crippen LogP contribution < -0.4 is 20.1 Å². The number of rotatable bonds is 18. The number of allylic oxidation sites excluding steroid dienone is 2. The van der Waals surface area contributed by atoms with E-state index in [1.807, 2.05) is 39.0 Å². The van der Waals surface area contributed by atoms with Crippen LogP contribution in [0.2, 0.25) is 0 Å². The second-order valence-corrected chi connectivity index (χ2v) is 39.9. The maximum Gasteiger partial charge on any atom is 0.191 e. The van der Waals surface area contributed by atoms with Gasteiger partial charge in [0, 0.05) is 59.1 Å². The number of hydrogen-bond acceptors (Lipinski definition) is 4. The van der Waals surface area contributed by atoms with E-state index < -0.39 is 8.07 Å². The number of ketones is 1. The first-order chi connectivity index (χ1) is 40.5. The number of aromatic nitrogens is 1. The van der Waals surface area contributed by atoms with Crippen LogP contribution in [0, 0.1) is 57.3 Å². The van der Waals surface area contributed by atoms with Crippen molar-refractivity contribution in [3.8, 4) is 11.3 Å². The zero-order valence-electron chi connectivity index (χ0n) is 60.6. The van der Waals surface area contributed by atoms with E-state index >= 15 is 0 Å². The quantitative estimate of drug-likeness (QED) is 0.0306. The van der Waals surface area contributed by atoms with Gasteiger partial charge in [-0.1, -0.05) is 257 Å². The predicted molar refractivity (Wildman–Crippen MR) is 391 cm³/mol. The molecule has 2 aromatic heterocycles. The van der Waals surface area contributed by atoms with E-state index in [1.54, 1.807) is 0 Å². The van der Waals surface area contributed by atoms with Crippen molar-refractivity contribution in [3.63, 3.8) is 0 Å². The number of pyridine rings is 1. The Morgan fingerprint density at radius 2 is 0.876 bits per heavy atom. The van der Waals surface area contributed by atoms with Crippen molar-refractivity contribution >= 4 is 66.1 Å². The fraction of sp³-hybridized carbons (Fsp3) is 0.542. The van der Waals surface area contributed by atoms with Crippen molar-refractivity contribution in [2.24, 2.45) is 44.3 Å². The van der Waals surface area contributed by atoms with Crippen LogP contribution in [0.5, 0.6) is 0 Å². The first-order valence-electron chi connectivity index (χ1n) is 33.6. The third kappa shape index (κ3) is 20.5. The summed E-state index contributed by atoms with van der Waals surface area (Å²) >= 11 is 2.05. The summed E-state index contributed by atoms with van der Waals surface area (Å²) in [6.45, 7) is 61.0. The molecule has 487 valence electrons. The molecule has 3 nitrogen and oxygen atoms in total. The molecule has 0 aliphatic rings. The molecular weight excluding hydrogens is 1300 g/mol. The molecule has 89 heavy (non-hydrogen) atoms. The van der Waals surface area contributed by atoms with Crippen LogP contribution in [0.4, 0.5) is 0 Å². The van der Waals surface area contributed by atoms with Crippen LogP contribution in [0.15, 0.2) is 109 Å². The first-order valence-corrected chi connectivity index (χ1v) is 36.5. The summed E-state index contributed by atoms with van der Waals surface area (Å²) in [5, 5.41) is 18.0. The SMILES string of the molecule is CCC(CC)C(=O)/C=C(\O)C(CC)CC.Cc1c([Si](c2cc(CC(C)(C)C)cc(CC(C)(C)C)c2)(c2cc(CC(C)(C)C)cc(CC(C)(C)C)c2)c2cc(CC(C)(C)C)cc(CC(C)(C)C)c2)sc2c(-c3[c-]c4ccccc4c(C(C)(C)C)c3)nccc12.[Ir]. The molecule has 0 aliphatic carbocycles. The van der Waals surface area contributed by atoms with Crippen molar-refractivity contribution in [1.29, 1.82) is 0 Å². The Bertz CT molecular complexity index is 3260. The molecule has 7 aromatic rings. The van der Waals surface area contributed by atoms with Gasteiger partial charge >= 0.3 is 0 Å². The number of nitrogens with zero attached hydrogens (tertiary/aromatic N) is 1. The number of carbonyl (C=O) groups is 1. The molecule has 2 heterocycles. The monoisotopic (exact) mass is 1410 g/mol. The number of hydrogen-bond donors (Lipinski definition) is 1. The average Bonchev–Trinajstić information content (AvgIpc) is 1.85. The van der Waals surface area contributed by atoms with Crippen molar-refractivity contribution in [1.82, 2.24) is 4.98 Å². The normalized spacial score (nSPS) is 13.3. The second kappa shape index (κ2) is 29.2. The maximum atomic E-state index is 11.7. The molecule has 7 rings (SSSR count). The van der Waals surface area contributed by atoms with Gasteiger partial charge in [-0.25, -0.2) is 0 Å². The van der Waals surface area contributed by atoms with Crippen LogP contribution in [-0.2, 0) is 68.8 Å². The summed E-state index contributed by atoms with van der Waals surface area (Å²) in [6, 6.07) is 41.4. The Hall–Kier alpha value is -4.45. The van der Waals surface area contributed by atoms with Gasteiger partial charge in [0.25, 0.3) is 0 Å². The Morgan fingerprint density at radius 1 is 0.517 bits per heavy atom. The maximum absolute atomic E-state index is 11.7. The van der Waals surface area contributed by atoms with Crippen molar-refractivity contribution in [2.75, 3.05) is 0 Å². The molecule has 0 aliphatic heterocycles. The number of aryl methyl sites for hydroxylation is 1. The molecule has 0 saturated carbocycles. The Morgan fingerprint density at radius 3 is 1.21 bits per heavy atom. The molecule has 6 heteroatoms. The van der Waals surface area contributed by atoms with Crippen LogP contribution in [0.25, 0.3) is 32.1 Å². The molecule has 0 atom stereocenters. The van der Waals surface area contributed by atoms with E-state index in [1.165, 1.54) is 86.1 Å². The Labute approximate surface area is 562 Å². The van der Waals surface area contributed by atoms with Gasteiger partial charge in [0.2, 0.25) is 0 Å². The molecule has 1 radical (unpaired) electrons. The molecular formula is C83H118IrNO2SSi-. The average molecular weight is 1410 g/mol. The largest absolute Gasteiger partial charge is 0.512 e. The standard InChI is InChI=1S/C70H94NSSi.C13H24O2.Ir/c1-46-58-27-28-71-61(54-38-53-25-23-24-26-59(53)60(39-54)70(20,21)22)62(58)72-63(46)73(55-32-47(40-64(2,3)4)29-48(33-55)41-65(5,6)7,56-34-49(42-66(8,9)10)30-50(35-56)43-67(11,12)13)57-36-51(44-68(14,15)16)31-52(37-57)45-69(17,18)19;1-5-10(6-2)12(14)9-13(15)11(7-3)8-4;/h23-37,39H,40-45H2,1-22H3;9-11,14H,5-8H2,1-4H3;/q-1;;/b;12-9-;. The Balaban J connectivity index is 0.000000795. The zero-order chi connectivity index (χ0) is 65.9. The third-order valence-electron chi connectivity index (χ3n) is 17.0. The molecule has 0 unspecified atom stereocenters. The predicted octanol–water partition coefficient (Wildman–Crippen LogP) is 21.3. The molecule has 1 N–H and O–H groups in total. The smallest absolute Gasteiger partial charge is 0.191 e. The third-order valence-corrected chi connectivity index (χ3v) is 23.9. The number of carbonyl (C=O) groups excluding carboxylic acids is 1. The summed E-state index contributed by atoms with van der Waals surface area (Å²) in [5.41, 5.74) is 14.1. The number of aliphatic hydroxyl groups is 1. The fourth-order valence-electron chi connectivity index (χ4n) is 13.6. The van der Waals surface area contributed by atoms with Crippen LogP contribution in [0.3, 0.4) is 0 Å². The summed E-state index contributed by atoms with van der Waals surface area (Å²) < 4.78 is 2.79. The number of benzene rings is 5. The van der Waals surface area contributed by atoms with Crippen LogP contribution in [-0.4, -0.2) is 23.9 Å². The topological polar surface area (TPSA) is 50.2 Å². The van der Waals surface area contributed by atoms with Crippen molar-refractivity contribution in [3.05, 3.63) is 160 Å². The molecule has 0 amide bonds. The number of thiophene rings is 1. The zero-order valence-corrected chi connectivity index (χ0v) is 64.8.